The van der Waals surface area contributed by atoms with Crippen LogP contribution in [0.15, 0.2) is 60.9 Å². The highest BCUT2D eigenvalue weighted by molar-refractivity contribution is 5.76. The van der Waals surface area contributed by atoms with Gasteiger partial charge >= 0.3 is 0 Å². The molecular weight excluding hydrogens is 316 g/mol. The first-order valence-corrected chi connectivity index (χ1v) is 8.78. The summed E-state index contributed by atoms with van der Waals surface area (Å²) in [6.07, 6.45) is 6.31. The summed E-state index contributed by atoms with van der Waals surface area (Å²) in [5, 5.41) is 22.5. The van der Waals surface area contributed by atoms with E-state index in [1.165, 1.54) is 0 Å². The van der Waals surface area contributed by atoms with E-state index in [-0.39, 0.29) is 12.5 Å². The van der Waals surface area contributed by atoms with E-state index in [9.17, 15) is 15.0 Å². The number of aliphatic hydroxyl groups is 2. The van der Waals surface area contributed by atoms with Gasteiger partial charge in [-0.3, -0.25) is 4.79 Å². The van der Waals surface area contributed by atoms with E-state index in [2.05, 4.69) is 9.88 Å². The number of nitrogens with zero attached hydrogens (tertiary/aromatic N) is 1. The Morgan fingerprint density at radius 2 is 1.68 bits per heavy atom. The number of aromatic nitrogens is 1. The first-order chi connectivity index (χ1) is 12.2. The minimum absolute atomic E-state index is 0.138. The summed E-state index contributed by atoms with van der Waals surface area (Å²) in [6, 6.07) is 14.4. The Labute approximate surface area is 149 Å². The van der Waals surface area contributed by atoms with E-state index >= 15 is 0 Å². The normalized spacial score (nSPS) is 13.2. The van der Waals surface area contributed by atoms with Crippen LogP contribution in [0.4, 0.5) is 0 Å². The molecule has 1 aromatic heterocycles. The van der Waals surface area contributed by atoms with Crippen molar-refractivity contribution in [2.24, 2.45) is 0 Å². The van der Waals surface area contributed by atoms with Gasteiger partial charge in [0.2, 0.25) is 5.91 Å². The third kappa shape index (κ3) is 6.64. The Morgan fingerprint density at radius 3 is 2.36 bits per heavy atom. The van der Waals surface area contributed by atoms with Gasteiger partial charge < -0.3 is 15.5 Å². The molecule has 3 N–H and O–H groups in total. The number of hydrogen-bond acceptors (Lipinski definition) is 3. The van der Waals surface area contributed by atoms with Gasteiger partial charge in [-0.1, -0.05) is 36.4 Å². The highest BCUT2D eigenvalue weighted by Crippen LogP contribution is 2.16. The van der Waals surface area contributed by atoms with Gasteiger partial charge in [-0.05, 0) is 18.4 Å². The Bertz CT molecular complexity index is 619. The van der Waals surface area contributed by atoms with Gasteiger partial charge in [-0.15, -0.1) is 0 Å². The lowest BCUT2D eigenvalue weighted by atomic mass is 10.0. The molecular formula is C20H27N2O3+. The van der Waals surface area contributed by atoms with Crippen LogP contribution in [-0.4, -0.2) is 28.8 Å². The van der Waals surface area contributed by atoms with Crippen molar-refractivity contribution >= 4 is 5.91 Å². The van der Waals surface area contributed by atoms with E-state index in [1.54, 1.807) is 12.1 Å². The maximum atomic E-state index is 12.0. The predicted molar refractivity (Wildman–Crippen MR) is 95.5 cm³/mol. The smallest absolute Gasteiger partial charge is 0.220 e. The molecule has 1 amide bonds. The average Bonchev–Trinajstić information content (AvgIpc) is 2.67. The van der Waals surface area contributed by atoms with Gasteiger partial charge in [0.05, 0.1) is 12.6 Å². The van der Waals surface area contributed by atoms with Crippen molar-refractivity contribution in [3.05, 3.63) is 66.5 Å². The molecule has 0 aliphatic heterocycles. The fraction of sp³-hybridized carbons (Fsp3) is 0.400. The number of carbonyl (C=O) groups is 1. The zero-order chi connectivity index (χ0) is 17.9. The Morgan fingerprint density at radius 1 is 1.00 bits per heavy atom. The van der Waals surface area contributed by atoms with Gasteiger partial charge in [-0.25, -0.2) is 4.57 Å². The number of nitrogens with one attached hydrogen (secondary N) is 1. The zero-order valence-corrected chi connectivity index (χ0v) is 14.4. The summed E-state index contributed by atoms with van der Waals surface area (Å²) < 4.78 is 2.12. The molecule has 0 saturated carbocycles. The highest BCUT2D eigenvalue weighted by atomic mass is 16.3. The molecule has 2 aromatic rings. The molecule has 134 valence electrons. The van der Waals surface area contributed by atoms with Crippen molar-refractivity contribution in [3.8, 4) is 0 Å². The number of amides is 1. The summed E-state index contributed by atoms with van der Waals surface area (Å²) in [7, 11) is 0. The minimum atomic E-state index is -0.912. The first kappa shape index (κ1) is 19.1. The fourth-order valence-electron chi connectivity index (χ4n) is 2.73. The quantitative estimate of drug-likeness (QED) is 0.454. The fourth-order valence-corrected chi connectivity index (χ4v) is 2.73. The number of benzene rings is 1. The summed E-state index contributed by atoms with van der Waals surface area (Å²) >= 11 is 0. The predicted octanol–water partition coefficient (Wildman–Crippen LogP) is 1.75. The summed E-state index contributed by atoms with van der Waals surface area (Å²) in [5.41, 5.74) is 0.682. The second-order valence-corrected chi connectivity index (χ2v) is 6.14. The van der Waals surface area contributed by atoms with E-state index in [4.69, 9.17) is 0 Å². The Hall–Kier alpha value is -2.24. The van der Waals surface area contributed by atoms with Gasteiger partial charge in [0, 0.05) is 25.0 Å². The number of carbonyl (C=O) groups excluding carboxylic acids is 1. The van der Waals surface area contributed by atoms with Crippen LogP contribution in [0.2, 0.25) is 0 Å². The topological polar surface area (TPSA) is 73.4 Å². The van der Waals surface area contributed by atoms with Gasteiger partial charge in [0.25, 0.3) is 0 Å². The van der Waals surface area contributed by atoms with Crippen LogP contribution in [0.5, 0.6) is 0 Å². The maximum absolute atomic E-state index is 12.0. The van der Waals surface area contributed by atoms with E-state index < -0.39 is 12.1 Å². The second kappa shape index (κ2) is 10.6. The summed E-state index contributed by atoms with van der Waals surface area (Å²) in [6.45, 7) is 0.640. The molecule has 0 aliphatic rings. The molecule has 2 atom stereocenters. The molecule has 2 rings (SSSR count). The largest absolute Gasteiger partial charge is 0.394 e. The van der Waals surface area contributed by atoms with Crippen molar-refractivity contribution in [3.63, 3.8) is 0 Å². The molecule has 0 bridgehead atoms. The standard InChI is InChI=1S/C20H26N2O3/c23-16-18(20(25)17-10-4-1-5-11-17)21-19(24)12-6-2-7-13-22-14-8-3-9-15-22/h1,3-5,8-11,14-15,18,20,23,25H,2,6-7,12-13,16H2/p+1/t18-,20-/m0/s1. The minimum Gasteiger partial charge on any atom is -0.394 e. The lowest BCUT2D eigenvalue weighted by molar-refractivity contribution is -0.697. The van der Waals surface area contributed by atoms with Crippen LogP contribution in [0, 0.1) is 0 Å². The number of unbranched alkanes of at least 4 members (excludes halogenated alkanes) is 2. The van der Waals surface area contributed by atoms with Crippen LogP contribution in [0.25, 0.3) is 0 Å². The van der Waals surface area contributed by atoms with Crippen LogP contribution < -0.4 is 9.88 Å². The number of aryl methyl sites for hydroxylation is 1. The zero-order valence-electron chi connectivity index (χ0n) is 14.4. The third-order valence-corrected chi connectivity index (χ3v) is 4.16. The third-order valence-electron chi connectivity index (χ3n) is 4.16. The number of rotatable bonds is 10. The molecule has 25 heavy (non-hydrogen) atoms. The van der Waals surface area contributed by atoms with E-state index in [0.717, 1.165) is 25.8 Å². The van der Waals surface area contributed by atoms with Crippen molar-refractivity contribution in [1.29, 1.82) is 0 Å². The second-order valence-electron chi connectivity index (χ2n) is 6.14. The summed E-state index contributed by atoms with van der Waals surface area (Å²) in [4.78, 5) is 12.0. The molecule has 5 nitrogen and oxygen atoms in total. The lowest BCUT2D eigenvalue weighted by Gasteiger charge is -2.22. The molecule has 0 saturated heterocycles. The summed E-state index contributed by atoms with van der Waals surface area (Å²) in [5.74, 6) is -0.138. The number of pyridine rings is 1. The van der Waals surface area contributed by atoms with E-state index in [1.807, 2.05) is 48.8 Å². The van der Waals surface area contributed by atoms with Crippen molar-refractivity contribution < 1.29 is 19.6 Å². The van der Waals surface area contributed by atoms with Crippen LogP contribution in [-0.2, 0) is 11.3 Å². The monoisotopic (exact) mass is 343 g/mol. The van der Waals surface area contributed by atoms with Gasteiger partial charge in [0.15, 0.2) is 12.4 Å². The molecule has 0 spiro atoms. The molecule has 0 unspecified atom stereocenters. The van der Waals surface area contributed by atoms with Crippen molar-refractivity contribution in [2.75, 3.05) is 6.61 Å². The Kier molecular flexibility index (Phi) is 8.09. The molecule has 0 fully saturated rings. The SMILES string of the molecule is O=C(CCCCC[n+]1ccccc1)N[C@@H](CO)[C@@H](O)c1ccccc1. The molecule has 5 heteroatoms. The highest BCUT2D eigenvalue weighted by Gasteiger charge is 2.21. The van der Waals surface area contributed by atoms with Gasteiger partial charge in [-0.2, -0.15) is 0 Å². The average molecular weight is 343 g/mol. The van der Waals surface area contributed by atoms with Crippen molar-refractivity contribution in [2.45, 2.75) is 44.4 Å². The number of hydrogen-bond donors (Lipinski definition) is 3. The number of aliphatic hydroxyl groups excluding tert-OH is 2. The Balaban J connectivity index is 1.68. The molecule has 1 heterocycles. The molecule has 1 aromatic carbocycles. The van der Waals surface area contributed by atoms with Gasteiger partial charge in [0.1, 0.15) is 12.6 Å². The van der Waals surface area contributed by atoms with Crippen LogP contribution in [0.1, 0.15) is 37.4 Å². The van der Waals surface area contributed by atoms with Crippen molar-refractivity contribution in [1.82, 2.24) is 5.32 Å². The first-order valence-electron chi connectivity index (χ1n) is 8.78. The van der Waals surface area contributed by atoms with Crippen LogP contribution in [0.3, 0.4) is 0 Å². The molecule has 0 aliphatic carbocycles. The van der Waals surface area contributed by atoms with E-state index in [0.29, 0.717) is 12.0 Å². The lowest BCUT2D eigenvalue weighted by Crippen LogP contribution is -2.41. The maximum Gasteiger partial charge on any atom is 0.220 e. The van der Waals surface area contributed by atoms with Crippen LogP contribution >= 0.6 is 0 Å². The molecule has 0 radical (unpaired) electrons.